The highest BCUT2D eigenvalue weighted by Crippen LogP contribution is 2.37. The Kier molecular flexibility index (Phi) is 3.98. The van der Waals surface area contributed by atoms with E-state index in [0.29, 0.717) is 36.1 Å². The molecule has 1 aromatic carbocycles. The van der Waals surface area contributed by atoms with Gasteiger partial charge in [-0.05, 0) is 61.8 Å². The SMILES string of the molecule is Cc1cc(C(=O)N2CC3CCC(N)C3C2)cc(S(N)(=O)=O)c1C. The first-order chi connectivity index (χ1) is 10.7. The van der Waals surface area contributed by atoms with Crippen molar-refractivity contribution in [2.75, 3.05) is 13.1 Å². The van der Waals surface area contributed by atoms with Gasteiger partial charge in [0.25, 0.3) is 5.91 Å². The number of nitrogens with zero attached hydrogens (tertiary/aromatic N) is 1. The first-order valence-electron chi connectivity index (χ1n) is 7.87. The van der Waals surface area contributed by atoms with Gasteiger partial charge in [0.1, 0.15) is 0 Å². The number of benzene rings is 1. The second-order valence-electron chi connectivity index (χ2n) is 6.84. The lowest BCUT2D eigenvalue weighted by Crippen LogP contribution is -2.33. The molecule has 0 radical (unpaired) electrons. The molecule has 3 unspecified atom stereocenters. The quantitative estimate of drug-likeness (QED) is 0.831. The second-order valence-corrected chi connectivity index (χ2v) is 8.37. The molecule has 3 atom stereocenters. The van der Waals surface area contributed by atoms with Crippen molar-refractivity contribution in [3.8, 4) is 0 Å². The van der Waals surface area contributed by atoms with Crippen molar-refractivity contribution in [2.24, 2.45) is 22.7 Å². The predicted octanol–water partition coefficient (Wildman–Crippen LogP) is 0.760. The van der Waals surface area contributed by atoms with Crippen LogP contribution in [0.2, 0.25) is 0 Å². The molecule has 1 saturated heterocycles. The van der Waals surface area contributed by atoms with E-state index in [2.05, 4.69) is 0 Å². The molecule has 0 aromatic heterocycles. The third kappa shape index (κ3) is 2.88. The Balaban J connectivity index is 1.91. The molecule has 126 valence electrons. The van der Waals surface area contributed by atoms with Gasteiger partial charge in [0, 0.05) is 24.7 Å². The van der Waals surface area contributed by atoms with E-state index in [0.717, 1.165) is 18.4 Å². The molecule has 2 fully saturated rings. The summed E-state index contributed by atoms with van der Waals surface area (Å²) < 4.78 is 23.5. The summed E-state index contributed by atoms with van der Waals surface area (Å²) in [5.74, 6) is 0.695. The van der Waals surface area contributed by atoms with Crippen LogP contribution in [0.5, 0.6) is 0 Å². The first-order valence-corrected chi connectivity index (χ1v) is 9.42. The number of likely N-dealkylation sites (tertiary alicyclic amines) is 1. The number of primary sulfonamides is 1. The number of aryl methyl sites for hydroxylation is 1. The summed E-state index contributed by atoms with van der Waals surface area (Å²) in [5, 5.41) is 5.27. The molecule has 1 aromatic rings. The number of carbonyl (C=O) groups excluding carboxylic acids is 1. The molecule has 6 nitrogen and oxygen atoms in total. The minimum Gasteiger partial charge on any atom is -0.338 e. The highest BCUT2D eigenvalue weighted by Gasteiger charge is 2.42. The fourth-order valence-corrected chi connectivity index (χ4v) is 4.78. The summed E-state index contributed by atoms with van der Waals surface area (Å²) in [6.07, 6.45) is 2.08. The summed E-state index contributed by atoms with van der Waals surface area (Å²) in [7, 11) is -3.85. The second kappa shape index (κ2) is 5.58. The standard InChI is InChI=1S/C16H23N3O3S/c1-9-5-12(6-15(10(9)2)23(18,21)22)16(20)19-7-11-3-4-14(17)13(11)8-19/h5-6,11,13-14H,3-4,7-8,17H2,1-2H3,(H2,18,21,22). The van der Waals surface area contributed by atoms with Crippen molar-refractivity contribution in [1.82, 2.24) is 4.90 Å². The van der Waals surface area contributed by atoms with Gasteiger partial charge in [0.2, 0.25) is 10.0 Å². The van der Waals surface area contributed by atoms with Gasteiger partial charge in [0.05, 0.1) is 4.90 Å². The summed E-state index contributed by atoms with van der Waals surface area (Å²) >= 11 is 0. The summed E-state index contributed by atoms with van der Waals surface area (Å²) in [6.45, 7) is 4.84. The lowest BCUT2D eigenvalue weighted by atomic mass is 9.98. The highest BCUT2D eigenvalue weighted by molar-refractivity contribution is 7.89. The summed E-state index contributed by atoms with van der Waals surface area (Å²) in [4.78, 5) is 14.6. The van der Waals surface area contributed by atoms with Crippen LogP contribution in [0.15, 0.2) is 17.0 Å². The van der Waals surface area contributed by atoms with Gasteiger partial charge in [-0.2, -0.15) is 0 Å². The Labute approximate surface area is 136 Å². The molecule has 23 heavy (non-hydrogen) atoms. The lowest BCUT2D eigenvalue weighted by molar-refractivity contribution is 0.0779. The molecule has 4 N–H and O–H groups in total. The number of nitrogens with two attached hydrogens (primary N) is 2. The third-order valence-corrected chi connectivity index (χ3v) is 6.41. The molecule has 1 aliphatic heterocycles. The van der Waals surface area contributed by atoms with E-state index in [4.69, 9.17) is 10.9 Å². The van der Waals surface area contributed by atoms with Gasteiger partial charge in [-0.1, -0.05) is 0 Å². The summed E-state index contributed by atoms with van der Waals surface area (Å²) in [5.41, 5.74) is 7.83. The van der Waals surface area contributed by atoms with Crippen LogP contribution >= 0.6 is 0 Å². The molecule has 0 bridgehead atoms. The van der Waals surface area contributed by atoms with Crippen molar-refractivity contribution >= 4 is 15.9 Å². The monoisotopic (exact) mass is 337 g/mol. The minimum absolute atomic E-state index is 0.0249. The van der Waals surface area contributed by atoms with Crippen molar-refractivity contribution in [1.29, 1.82) is 0 Å². The minimum atomic E-state index is -3.85. The molecule has 3 rings (SSSR count). The smallest absolute Gasteiger partial charge is 0.253 e. The molecule has 1 saturated carbocycles. The first kappa shape index (κ1) is 16.4. The van der Waals surface area contributed by atoms with Gasteiger partial charge in [-0.25, -0.2) is 13.6 Å². The molecular weight excluding hydrogens is 314 g/mol. The molecule has 1 aliphatic carbocycles. The van der Waals surface area contributed by atoms with Crippen molar-refractivity contribution < 1.29 is 13.2 Å². The zero-order chi connectivity index (χ0) is 16.9. The van der Waals surface area contributed by atoms with Crippen LogP contribution in [0.3, 0.4) is 0 Å². The zero-order valence-electron chi connectivity index (χ0n) is 13.5. The van der Waals surface area contributed by atoms with Crippen LogP contribution < -0.4 is 10.9 Å². The number of hydrogen-bond acceptors (Lipinski definition) is 4. The fraction of sp³-hybridized carbons (Fsp3) is 0.562. The van der Waals surface area contributed by atoms with Crippen molar-refractivity contribution in [2.45, 2.75) is 37.6 Å². The topological polar surface area (TPSA) is 106 Å². The van der Waals surface area contributed by atoms with E-state index >= 15 is 0 Å². The van der Waals surface area contributed by atoms with Crippen LogP contribution in [-0.4, -0.2) is 38.4 Å². The maximum Gasteiger partial charge on any atom is 0.253 e. The van der Waals surface area contributed by atoms with Crippen LogP contribution in [0.4, 0.5) is 0 Å². The molecular formula is C16H23N3O3S. The molecule has 7 heteroatoms. The normalized spacial score (nSPS) is 27.3. The van der Waals surface area contributed by atoms with Gasteiger partial charge in [-0.3, -0.25) is 4.79 Å². The van der Waals surface area contributed by atoms with Gasteiger partial charge in [-0.15, -0.1) is 0 Å². The van der Waals surface area contributed by atoms with Crippen LogP contribution in [0.1, 0.15) is 34.3 Å². The van der Waals surface area contributed by atoms with E-state index in [1.165, 1.54) is 6.07 Å². The van der Waals surface area contributed by atoms with Gasteiger partial charge >= 0.3 is 0 Å². The van der Waals surface area contributed by atoms with Crippen molar-refractivity contribution in [3.05, 3.63) is 28.8 Å². The molecule has 0 spiro atoms. The predicted molar refractivity (Wildman–Crippen MR) is 87.4 cm³/mol. The average molecular weight is 337 g/mol. The zero-order valence-corrected chi connectivity index (χ0v) is 14.3. The Morgan fingerprint density at radius 2 is 1.91 bits per heavy atom. The van der Waals surface area contributed by atoms with E-state index in [9.17, 15) is 13.2 Å². The third-order valence-electron chi connectivity index (χ3n) is 5.37. The van der Waals surface area contributed by atoms with Crippen LogP contribution in [0.25, 0.3) is 0 Å². The van der Waals surface area contributed by atoms with E-state index in [1.54, 1.807) is 24.8 Å². The van der Waals surface area contributed by atoms with Gasteiger partial charge < -0.3 is 10.6 Å². The Morgan fingerprint density at radius 1 is 1.22 bits per heavy atom. The Morgan fingerprint density at radius 3 is 2.52 bits per heavy atom. The Hall–Kier alpha value is -1.44. The summed E-state index contributed by atoms with van der Waals surface area (Å²) in [6, 6.07) is 3.30. The van der Waals surface area contributed by atoms with E-state index in [-0.39, 0.29) is 16.8 Å². The number of carbonyl (C=O) groups is 1. The maximum absolute atomic E-state index is 12.8. The molecule has 1 amide bonds. The average Bonchev–Trinajstić information content (AvgIpc) is 3.02. The lowest BCUT2D eigenvalue weighted by Gasteiger charge is -2.20. The van der Waals surface area contributed by atoms with E-state index < -0.39 is 10.0 Å². The fourth-order valence-electron chi connectivity index (χ4n) is 3.90. The number of sulfonamides is 1. The van der Waals surface area contributed by atoms with Gasteiger partial charge in [0.15, 0.2) is 0 Å². The molecule has 2 aliphatic rings. The largest absolute Gasteiger partial charge is 0.338 e. The number of rotatable bonds is 2. The number of hydrogen-bond donors (Lipinski definition) is 2. The number of amides is 1. The Bertz CT molecular complexity index is 760. The maximum atomic E-state index is 12.8. The van der Waals surface area contributed by atoms with Crippen molar-refractivity contribution in [3.63, 3.8) is 0 Å². The number of fused-ring (bicyclic) bond motifs is 1. The van der Waals surface area contributed by atoms with Crippen LogP contribution in [0, 0.1) is 25.7 Å². The van der Waals surface area contributed by atoms with E-state index in [1.807, 2.05) is 0 Å². The molecule has 1 heterocycles. The van der Waals surface area contributed by atoms with Crippen LogP contribution in [-0.2, 0) is 10.0 Å². The highest BCUT2D eigenvalue weighted by atomic mass is 32.2.